The number of carbonyl (C=O) groups is 2. The van der Waals surface area contributed by atoms with Crippen molar-refractivity contribution < 1.29 is 29.6 Å². The number of hydrogen-bond acceptors (Lipinski definition) is 8. The zero-order chi connectivity index (χ0) is 17.7. The van der Waals surface area contributed by atoms with Crippen LogP contribution in [-0.2, 0) is 14.3 Å². The van der Waals surface area contributed by atoms with Gasteiger partial charge in [-0.25, -0.2) is 0 Å². The number of amides is 2. The molecule has 2 aliphatic heterocycles. The maximum atomic E-state index is 12.2. The van der Waals surface area contributed by atoms with E-state index in [0.29, 0.717) is 0 Å². The van der Waals surface area contributed by atoms with Crippen LogP contribution in [0.3, 0.4) is 0 Å². The van der Waals surface area contributed by atoms with Crippen LogP contribution in [0, 0.1) is 0 Å². The van der Waals surface area contributed by atoms with Crippen molar-refractivity contribution in [2.45, 2.75) is 37.5 Å². The van der Waals surface area contributed by atoms with Crippen molar-refractivity contribution in [1.82, 2.24) is 20.9 Å². The van der Waals surface area contributed by atoms with Crippen LogP contribution in [0.15, 0.2) is 0 Å². The van der Waals surface area contributed by atoms with Gasteiger partial charge < -0.3 is 36.0 Å². The fourth-order valence-electron chi connectivity index (χ4n) is 2.91. The van der Waals surface area contributed by atoms with Crippen LogP contribution < -0.4 is 16.0 Å². The SMILES string of the molecule is CC(=O)N[C@@H]1[C@@H](O)[C@H](O)[C@@H](CO)O[C@H]1NC(=O)CN1CCNCC1. The molecule has 0 unspecified atom stereocenters. The predicted octanol–water partition coefficient (Wildman–Crippen LogP) is -4.05. The largest absolute Gasteiger partial charge is 0.394 e. The minimum Gasteiger partial charge on any atom is -0.394 e. The monoisotopic (exact) mass is 346 g/mol. The maximum Gasteiger partial charge on any atom is 0.236 e. The summed E-state index contributed by atoms with van der Waals surface area (Å²) in [6, 6.07) is -1.01. The summed E-state index contributed by atoms with van der Waals surface area (Å²) in [4.78, 5) is 25.5. The lowest BCUT2D eigenvalue weighted by molar-refractivity contribution is -0.203. The van der Waals surface area contributed by atoms with E-state index in [2.05, 4.69) is 16.0 Å². The van der Waals surface area contributed by atoms with E-state index < -0.39 is 43.1 Å². The highest BCUT2D eigenvalue weighted by atomic mass is 16.5. The molecule has 2 heterocycles. The van der Waals surface area contributed by atoms with Gasteiger partial charge in [0.25, 0.3) is 0 Å². The van der Waals surface area contributed by atoms with Gasteiger partial charge in [0.15, 0.2) is 6.23 Å². The zero-order valence-electron chi connectivity index (χ0n) is 13.6. The van der Waals surface area contributed by atoms with Crippen LogP contribution in [0.25, 0.3) is 0 Å². The van der Waals surface area contributed by atoms with E-state index in [4.69, 9.17) is 4.74 Å². The number of nitrogens with one attached hydrogen (secondary N) is 3. The molecule has 0 aliphatic carbocycles. The van der Waals surface area contributed by atoms with Gasteiger partial charge in [0.05, 0.1) is 13.2 Å². The van der Waals surface area contributed by atoms with Gasteiger partial charge in [-0.2, -0.15) is 0 Å². The summed E-state index contributed by atoms with van der Waals surface area (Å²) < 4.78 is 5.45. The van der Waals surface area contributed by atoms with Crippen molar-refractivity contribution in [3.05, 3.63) is 0 Å². The van der Waals surface area contributed by atoms with Gasteiger partial charge in [-0.05, 0) is 0 Å². The molecule has 24 heavy (non-hydrogen) atoms. The van der Waals surface area contributed by atoms with Crippen molar-refractivity contribution in [3.63, 3.8) is 0 Å². The molecule has 2 saturated heterocycles. The molecule has 5 atom stereocenters. The van der Waals surface area contributed by atoms with Crippen LogP contribution in [-0.4, -0.2) is 102 Å². The third kappa shape index (κ3) is 4.85. The fraction of sp³-hybridized carbons (Fsp3) is 0.857. The van der Waals surface area contributed by atoms with E-state index in [9.17, 15) is 24.9 Å². The van der Waals surface area contributed by atoms with Gasteiger partial charge in [-0.3, -0.25) is 14.5 Å². The summed E-state index contributed by atoms with van der Waals surface area (Å²) in [5.41, 5.74) is 0. The van der Waals surface area contributed by atoms with Crippen LogP contribution in [0.4, 0.5) is 0 Å². The maximum absolute atomic E-state index is 12.2. The molecule has 2 fully saturated rings. The lowest BCUT2D eigenvalue weighted by Crippen LogP contribution is -2.68. The van der Waals surface area contributed by atoms with Crippen LogP contribution in [0.5, 0.6) is 0 Å². The molecule has 0 bridgehead atoms. The fourth-order valence-corrected chi connectivity index (χ4v) is 2.91. The second kappa shape index (κ2) is 8.70. The highest BCUT2D eigenvalue weighted by Crippen LogP contribution is 2.20. The first-order valence-corrected chi connectivity index (χ1v) is 8.04. The highest BCUT2D eigenvalue weighted by Gasteiger charge is 2.45. The summed E-state index contributed by atoms with van der Waals surface area (Å²) >= 11 is 0. The Hall–Kier alpha value is -1.30. The minimum absolute atomic E-state index is 0.163. The van der Waals surface area contributed by atoms with Gasteiger partial charge in [0.2, 0.25) is 11.8 Å². The Kier molecular flexibility index (Phi) is 6.90. The molecule has 10 nitrogen and oxygen atoms in total. The van der Waals surface area contributed by atoms with Gasteiger partial charge >= 0.3 is 0 Å². The Bertz CT molecular complexity index is 445. The van der Waals surface area contributed by atoms with Gasteiger partial charge in [-0.15, -0.1) is 0 Å². The molecule has 6 N–H and O–H groups in total. The highest BCUT2D eigenvalue weighted by molar-refractivity contribution is 5.78. The van der Waals surface area contributed by atoms with Crippen LogP contribution in [0.1, 0.15) is 6.92 Å². The molecule has 0 aromatic carbocycles. The molecule has 2 amide bonds. The smallest absolute Gasteiger partial charge is 0.236 e. The number of ether oxygens (including phenoxy) is 1. The summed E-state index contributed by atoms with van der Waals surface area (Å²) in [5.74, 6) is -0.754. The average molecular weight is 346 g/mol. The third-order valence-electron chi connectivity index (χ3n) is 4.18. The molecule has 0 aromatic rings. The summed E-state index contributed by atoms with van der Waals surface area (Å²) in [5, 5.41) is 37.6. The Balaban J connectivity index is 1.99. The van der Waals surface area contributed by atoms with Crippen LogP contribution >= 0.6 is 0 Å². The van der Waals surface area contributed by atoms with E-state index in [1.54, 1.807) is 0 Å². The summed E-state index contributed by atoms with van der Waals surface area (Å²) in [6.07, 6.45) is -4.83. The number of nitrogens with zero attached hydrogens (tertiary/aromatic N) is 1. The normalized spacial score (nSPS) is 34.6. The van der Waals surface area contributed by atoms with Crippen molar-refractivity contribution >= 4 is 11.8 Å². The Morgan fingerprint density at radius 2 is 1.88 bits per heavy atom. The second-order valence-corrected chi connectivity index (χ2v) is 6.08. The van der Waals surface area contributed by atoms with Crippen molar-refractivity contribution in [2.75, 3.05) is 39.3 Å². The number of aliphatic hydroxyl groups excluding tert-OH is 3. The topological polar surface area (TPSA) is 143 Å². The number of aliphatic hydroxyl groups is 3. The molecule has 2 rings (SSSR count). The van der Waals surface area contributed by atoms with E-state index in [1.807, 2.05) is 4.90 Å². The number of piperazine rings is 1. The van der Waals surface area contributed by atoms with E-state index in [1.165, 1.54) is 6.92 Å². The molecule has 0 radical (unpaired) electrons. The molecular formula is C14H26N4O6. The number of rotatable bonds is 5. The predicted molar refractivity (Wildman–Crippen MR) is 82.8 cm³/mol. The quantitative estimate of drug-likeness (QED) is 0.295. The second-order valence-electron chi connectivity index (χ2n) is 6.08. The lowest BCUT2D eigenvalue weighted by Gasteiger charge is -2.42. The van der Waals surface area contributed by atoms with E-state index in [0.717, 1.165) is 26.2 Å². The first-order chi connectivity index (χ1) is 11.4. The molecule has 138 valence electrons. The molecule has 0 spiro atoms. The Labute approximate surface area is 140 Å². The first kappa shape index (κ1) is 19.0. The summed E-state index contributed by atoms with van der Waals surface area (Å²) in [7, 11) is 0. The van der Waals surface area contributed by atoms with Gasteiger partial charge in [0, 0.05) is 33.1 Å². The van der Waals surface area contributed by atoms with Crippen molar-refractivity contribution in [3.8, 4) is 0 Å². The standard InChI is InChI=1S/C14H26N4O6/c1-8(20)16-11-13(23)12(22)9(7-19)24-14(11)17-10(21)6-18-4-2-15-3-5-18/h9,11-15,19,22-23H,2-7H2,1H3,(H,16,20)(H,17,21)/t9-,11-,12-,13-,14-/m1/s1. The van der Waals surface area contributed by atoms with Crippen LogP contribution in [0.2, 0.25) is 0 Å². The van der Waals surface area contributed by atoms with Gasteiger partial charge in [-0.1, -0.05) is 0 Å². The van der Waals surface area contributed by atoms with E-state index in [-0.39, 0.29) is 12.5 Å². The average Bonchev–Trinajstić information content (AvgIpc) is 2.55. The Morgan fingerprint density at radius 1 is 1.21 bits per heavy atom. The van der Waals surface area contributed by atoms with E-state index >= 15 is 0 Å². The summed E-state index contributed by atoms with van der Waals surface area (Å²) in [6.45, 7) is 4.00. The third-order valence-corrected chi connectivity index (χ3v) is 4.18. The lowest BCUT2D eigenvalue weighted by atomic mass is 9.96. The molecule has 0 saturated carbocycles. The number of hydrogen-bond donors (Lipinski definition) is 6. The number of carbonyl (C=O) groups excluding carboxylic acids is 2. The Morgan fingerprint density at radius 3 is 2.46 bits per heavy atom. The molecule has 10 heteroatoms. The molecule has 0 aromatic heterocycles. The molecule has 2 aliphatic rings. The first-order valence-electron chi connectivity index (χ1n) is 8.04. The minimum atomic E-state index is -1.37. The van der Waals surface area contributed by atoms with Gasteiger partial charge in [0.1, 0.15) is 24.4 Å². The van der Waals surface area contributed by atoms with Crippen molar-refractivity contribution in [1.29, 1.82) is 0 Å². The zero-order valence-corrected chi connectivity index (χ0v) is 13.6. The molecular weight excluding hydrogens is 320 g/mol. The van der Waals surface area contributed by atoms with Crippen molar-refractivity contribution in [2.24, 2.45) is 0 Å².